The molecule has 0 N–H and O–H groups in total. The van der Waals surface area contributed by atoms with Gasteiger partial charge in [0.2, 0.25) is 11.8 Å². The van der Waals surface area contributed by atoms with Crippen LogP contribution in [-0.2, 0) is 20.9 Å². The molecule has 2 aromatic carbocycles. The number of carbonyl (C=O) groups excluding carboxylic acids is 2. The van der Waals surface area contributed by atoms with Gasteiger partial charge in [-0.1, -0.05) is 29.4 Å². The first-order valence-corrected chi connectivity index (χ1v) is 11.3. The lowest BCUT2D eigenvalue weighted by molar-refractivity contribution is -0.215. The van der Waals surface area contributed by atoms with Crippen molar-refractivity contribution in [1.29, 1.82) is 0 Å². The Bertz CT molecular complexity index is 1020. The summed E-state index contributed by atoms with van der Waals surface area (Å²) in [5.74, 6) is 0.751. The molecule has 2 aliphatic heterocycles. The van der Waals surface area contributed by atoms with Crippen molar-refractivity contribution < 1.29 is 19.4 Å². The van der Waals surface area contributed by atoms with E-state index in [1.165, 1.54) is 0 Å². The third kappa shape index (κ3) is 5.42. The van der Waals surface area contributed by atoms with Gasteiger partial charge >= 0.3 is 0 Å². The van der Waals surface area contributed by atoms with Gasteiger partial charge in [-0.05, 0) is 42.0 Å². The van der Waals surface area contributed by atoms with E-state index in [4.69, 9.17) is 21.4 Å². The number of hydrogen-bond donors (Lipinski definition) is 0. The zero-order chi connectivity index (χ0) is 21.8. The van der Waals surface area contributed by atoms with Gasteiger partial charge in [0.05, 0.1) is 11.6 Å². The Morgan fingerprint density at radius 3 is 2.58 bits per heavy atom. The van der Waals surface area contributed by atoms with E-state index in [2.05, 4.69) is 6.07 Å². The lowest BCUT2D eigenvalue weighted by Gasteiger charge is -2.33. The Morgan fingerprint density at radius 2 is 1.84 bits per heavy atom. The summed E-state index contributed by atoms with van der Waals surface area (Å²) in [5.41, 5.74) is 1.98. The SMILES string of the molecule is CC(=O)N1CCN(C(=O)C=Cc2ccc(Sc3ccc4c(c3)CCOO4)c(Cl)c2)CC1. The predicted molar refractivity (Wildman–Crippen MR) is 120 cm³/mol. The lowest BCUT2D eigenvalue weighted by Crippen LogP contribution is -2.49. The van der Waals surface area contributed by atoms with E-state index in [1.54, 1.807) is 40.6 Å². The molecule has 8 heteroatoms. The first-order chi connectivity index (χ1) is 15.0. The standard InChI is InChI=1S/C23H23ClN2O4S/c1-16(27)25-9-11-26(12-10-25)23(28)7-3-17-2-6-22(20(24)14-17)31-19-4-5-21-18(15-19)8-13-29-30-21/h2-7,14-15H,8-13H2,1H3. The van der Waals surface area contributed by atoms with Gasteiger partial charge in [0, 0.05) is 61.0 Å². The van der Waals surface area contributed by atoms with Gasteiger partial charge in [-0.3, -0.25) is 9.59 Å². The molecule has 2 aliphatic rings. The fraction of sp³-hybridized carbons (Fsp3) is 0.304. The van der Waals surface area contributed by atoms with Crippen molar-refractivity contribution >= 4 is 41.3 Å². The minimum absolute atomic E-state index is 0.0491. The highest BCUT2D eigenvalue weighted by atomic mass is 35.5. The van der Waals surface area contributed by atoms with Crippen molar-refractivity contribution in [3.63, 3.8) is 0 Å². The van der Waals surface area contributed by atoms with Crippen molar-refractivity contribution in [1.82, 2.24) is 9.80 Å². The second-order valence-corrected chi connectivity index (χ2v) is 8.90. The summed E-state index contributed by atoms with van der Waals surface area (Å²) in [6.45, 7) is 4.36. The van der Waals surface area contributed by atoms with E-state index in [0.717, 1.165) is 33.1 Å². The van der Waals surface area contributed by atoms with Crippen LogP contribution in [-0.4, -0.2) is 54.4 Å². The average Bonchev–Trinajstić information content (AvgIpc) is 2.79. The third-order valence-electron chi connectivity index (χ3n) is 5.27. The summed E-state index contributed by atoms with van der Waals surface area (Å²) in [4.78, 5) is 39.6. The van der Waals surface area contributed by atoms with Crippen LogP contribution >= 0.6 is 23.4 Å². The predicted octanol–water partition coefficient (Wildman–Crippen LogP) is 4.06. The molecule has 1 saturated heterocycles. The molecule has 0 saturated carbocycles. The number of amides is 2. The highest BCUT2D eigenvalue weighted by Crippen LogP contribution is 2.36. The molecular weight excluding hydrogens is 436 g/mol. The van der Waals surface area contributed by atoms with Crippen LogP contribution in [0.5, 0.6) is 5.75 Å². The quantitative estimate of drug-likeness (QED) is 0.510. The largest absolute Gasteiger partial charge is 0.339 e. The summed E-state index contributed by atoms with van der Waals surface area (Å²) < 4.78 is 0. The minimum atomic E-state index is -0.0574. The van der Waals surface area contributed by atoms with Gasteiger partial charge in [0.25, 0.3) is 0 Å². The van der Waals surface area contributed by atoms with Crippen LogP contribution < -0.4 is 4.89 Å². The smallest absolute Gasteiger partial charge is 0.246 e. The van der Waals surface area contributed by atoms with Crippen LogP contribution in [0.1, 0.15) is 18.1 Å². The van der Waals surface area contributed by atoms with Crippen LogP contribution in [0.2, 0.25) is 5.02 Å². The Balaban J connectivity index is 1.37. The number of fused-ring (bicyclic) bond motifs is 1. The Morgan fingerprint density at radius 1 is 1.06 bits per heavy atom. The van der Waals surface area contributed by atoms with Crippen molar-refractivity contribution in [2.24, 2.45) is 0 Å². The topological polar surface area (TPSA) is 59.1 Å². The lowest BCUT2D eigenvalue weighted by atomic mass is 10.1. The number of piperazine rings is 1. The fourth-order valence-electron chi connectivity index (χ4n) is 3.50. The average molecular weight is 459 g/mol. The number of rotatable bonds is 4. The van der Waals surface area contributed by atoms with E-state index < -0.39 is 0 Å². The van der Waals surface area contributed by atoms with Gasteiger partial charge in [-0.25, -0.2) is 0 Å². The maximum atomic E-state index is 12.4. The number of carbonyl (C=O) groups is 2. The van der Waals surface area contributed by atoms with Gasteiger partial charge in [-0.2, -0.15) is 4.89 Å². The minimum Gasteiger partial charge on any atom is -0.339 e. The maximum Gasteiger partial charge on any atom is 0.246 e. The summed E-state index contributed by atoms with van der Waals surface area (Å²) in [6, 6.07) is 11.7. The van der Waals surface area contributed by atoms with E-state index in [1.807, 2.05) is 30.3 Å². The summed E-state index contributed by atoms with van der Waals surface area (Å²) >= 11 is 8.09. The fourth-order valence-corrected chi connectivity index (χ4v) is 4.69. The molecule has 6 nitrogen and oxygen atoms in total. The summed E-state index contributed by atoms with van der Waals surface area (Å²) in [7, 11) is 0. The van der Waals surface area contributed by atoms with Crippen LogP contribution in [0.3, 0.4) is 0 Å². The molecule has 0 spiro atoms. The first-order valence-electron chi connectivity index (χ1n) is 10.1. The molecule has 31 heavy (non-hydrogen) atoms. The molecule has 0 radical (unpaired) electrons. The third-order valence-corrected chi connectivity index (χ3v) is 6.76. The van der Waals surface area contributed by atoms with Crippen LogP contribution in [0.25, 0.3) is 6.08 Å². The molecule has 0 unspecified atom stereocenters. The van der Waals surface area contributed by atoms with Gasteiger partial charge in [0.1, 0.15) is 0 Å². The summed E-state index contributed by atoms with van der Waals surface area (Å²) in [6.07, 6.45) is 4.16. The normalized spacial score (nSPS) is 16.2. The van der Waals surface area contributed by atoms with Gasteiger partial charge in [0.15, 0.2) is 5.75 Å². The van der Waals surface area contributed by atoms with Crippen molar-refractivity contribution in [3.8, 4) is 5.75 Å². The summed E-state index contributed by atoms with van der Waals surface area (Å²) in [5, 5.41) is 0.631. The highest BCUT2D eigenvalue weighted by Gasteiger charge is 2.20. The molecule has 0 aliphatic carbocycles. The molecule has 2 heterocycles. The zero-order valence-corrected chi connectivity index (χ0v) is 18.7. The molecular formula is C23H23ClN2O4S. The van der Waals surface area contributed by atoms with Crippen LogP contribution in [0.15, 0.2) is 52.3 Å². The number of benzene rings is 2. The van der Waals surface area contributed by atoms with Crippen molar-refractivity contribution in [2.75, 3.05) is 32.8 Å². The van der Waals surface area contributed by atoms with E-state index in [-0.39, 0.29) is 11.8 Å². The number of hydrogen-bond acceptors (Lipinski definition) is 5. The molecule has 1 fully saturated rings. The molecule has 2 aromatic rings. The molecule has 4 rings (SSSR count). The van der Waals surface area contributed by atoms with E-state index in [0.29, 0.717) is 37.8 Å². The zero-order valence-electron chi connectivity index (χ0n) is 17.2. The van der Waals surface area contributed by atoms with E-state index in [9.17, 15) is 9.59 Å². The molecule has 0 atom stereocenters. The van der Waals surface area contributed by atoms with Gasteiger partial charge in [-0.15, -0.1) is 0 Å². The Kier molecular flexibility index (Phi) is 6.85. The first kappa shape index (κ1) is 21.7. The second-order valence-electron chi connectivity index (χ2n) is 7.38. The molecule has 0 aromatic heterocycles. The van der Waals surface area contributed by atoms with Crippen LogP contribution in [0.4, 0.5) is 0 Å². The second kappa shape index (κ2) is 9.77. The number of halogens is 1. The highest BCUT2D eigenvalue weighted by molar-refractivity contribution is 7.99. The number of nitrogens with zero attached hydrogens (tertiary/aromatic N) is 2. The monoisotopic (exact) mass is 458 g/mol. The Labute approximate surface area is 190 Å². The van der Waals surface area contributed by atoms with Crippen molar-refractivity contribution in [2.45, 2.75) is 23.1 Å². The van der Waals surface area contributed by atoms with E-state index >= 15 is 0 Å². The van der Waals surface area contributed by atoms with Gasteiger partial charge < -0.3 is 14.7 Å². The Hall–Kier alpha value is -2.48. The maximum absolute atomic E-state index is 12.4. The molecule has 162 valence electrons. The van der Waals surface area contributed by atoms with Crippen LogP contribution in [0, 0.1) is 0 Å². The molecule has 2 amide bonds. The molecule has 0 bridgehead atoms. The van der Waals surface area contributed by atoms with Crippen molar-refractivity contribution in [3.05, 3.63) is 58.6 Å².